The molecule has 1 aliphatic heterocycles. The van der Waals surface area contributed by atoms with Crippen LogP contribution in [-0.2, 0) is 4.74 Å². The quantitative estimate of drug-likeness (QED) is 0.469. The Kier molecular flexibility index (Phi) is 1.69. The van der Waals surface area contributed by atoms with E-state index in [1.165, 1.54) is 18.4 Å². The van der Waals surface area contributed by atoms with Crippen LogP contribution in [0.5, 0.6) is 0 Å². The van der Waals surface area contributed by atoms with Gasteiger partial charge in [-0.05, 0) is 19.8 Å². The van der Waals surface area contributed by atoms with Gasteiger partial charge in [0.25, 0.3) is 0 Å². The molecule has 46 valence electrons. The second-order valence-corrected chi connectivity index (χ2v) is 2.35. The molecule has 0 bridgehead atoms. The SMILES string of the molecule is C=C(C)[C@H]1CCCO1. The molecule has 0 aromatic rings. The fourth-order valence-electron chi connectivity index (χ4n) is 0.966. The van der Waals surface area contributed by atoms with E-state index in [1.807, 2.05) is 6.92 Å². The van der Waals surface area contributed by atoms with Crippen LogP contribution < -0.4 is 0 Å². The first kappa shape index (κ1) is 5.83. The van der Waals surface area contributed by atoms with Crippen molar-refractivity contribution in [3.63, 3.8) is 0 Å². The maximum Gasteiger partial charge on any atom is 0.0780 e. The smallest absolute Gasteiger partial charge is 0.0780 e. The lowest BCUT2D eigenvalue weighted by molar-refractivity contribution is 0.137. The molecule has 0 unspecified atom stereocenters. The Morgan fingerprint density at radius 1 is 1.75 bits per heavy atom. The van der Waals surface area contributed by atoms with E-state index in [0.717, 1.165) is 6.61 Å². The van der Waals surface area contributed by atoms with Crippen molar-refractivity contribution < 1.29 is 4.74 Å². The zero-order valence-corrected chi connectivity index (χ0v) is 5.31. The van der Waals surface area contributed by atoms with E-state index in [1.54, 1.807) is 0 Å². The average molecular weight is 112 g/mol. The molecule has 1 heteroatoms. The highest BCUT2D eigenvalue weighted by molar-refractivity contribution is 4.99. The van der Waals surface area contributed by atoms with Crippen LogP contribution in [0.15, 0.2) is 12.2 Å². The van der Waals surface area contributed by atoms with Crippen molar-refractivity contribution in [2.24, 2.45) is 0 Å². The molecular weight excluding hydrogens is 100 g/mol. The van der Waals surface area contributed by atoms with Crippen LogP contribution in [-0.4, -0.2) is 12.7 Å². The van der Waals surface area contributed by atoms with Crippen molar-refractivity contribution in [3.8, 4) is 0 Å². The molecule has 1 fully saturated rings. The minimum atomic E-state index is 0.370. The second kappa shape index (κ2) is 2.31. The Labute approximate surface area is 50.3 Å². The molecule has 0 spiro atoms. The van der Waals surface area contributed by atoms with Crippen LogP contribution in [0, 0.1) is 0 Å². The zero-order chi connectivity index (χ0) is 5.98. The predicted octanol–water partition coefficient (Wildman–Crippen LogP) is 1.74. The summed E-state index contributed by atoms with van der Waals surface area (Å²) in [7, 11) is 0. The minimum Gasteiger partial charge on any atom is -0.374 e. The average Bonchev–Trinajstić information content (AvgIpc) is 2.12. The van der Waals surface area contributed by atoms with E-state index < -0.39 is 0 Å². The van der Waals surface area contributed by atoms with Crippen LogP contribution in [0.4, 0.5) is 0 Å². The summed E-state index contributed by atoms with van der Waals surface area (Å²) in [4.78, 5) is 0. The maximum absolute atomic E-state index is 5.31. The normalized spacial score (nSPS) is 28.4. The van der Waals surface area contributed by atoms with Crippen molar-refractivity contribution in [1.82, 2.24) is 0 Å². The maximum atomic E-state index is 5.31. The molecule has 1 aliphatic rings. The first-order valence-corrected chi connectivity index (χ1v) is 3.07. The van der Waals surface area contributed by atoms with Crippen molar-refractivity contribution >= 4 is 0 Å². The highest BCUT2D eigenvalue weighted by atomic mass is 16.5. The minimum absolute atomic E-state index is 0.370. The summed E-state index contributed by atoms with van der Waals surface area (Å²) in [6.45, 7) is 6.76. The molecule has 0 aromatic carbocycles. The summed E-state index contributed by atoms with van der Waals surface area (Å²) < 4.78 is 5.31. The monoisotopic (exact) mass is 112 g/mol. The van der Waals surface area contributed by atoms with Crippen LogP contribution >= 0.6 is 0 Å². The molecular formula is C7H12O. The topological polar surface area (TPSA) is 9.23 Å². The van der Waals surface area contributed by atoms with Crippen LogP contribution in [0.1, 0.15) is 19.8 Å². The Hall–Kier alpha value is -0.300. The molecule has 0 radical (unpaired) electrons. The second-order valence-electron chi connectivity index (χ2n) is 2.35. The van der Waals surface area contributed by atoms with Crippen molar-refractivity contribution in [1.29, 1.82) is 0 Å². The van der Waals surface area contributed by atoms with Gasteiger partial charge in [0, 0.05) is 6.61 Å². The van der Waals surface area contributed by atoms with Gasteiger partial charge >= 0.3 is 0 Å². The van der Waals surface area contributed by atoms with Gasteiger partial charge in [-0.1, -0.05) is 12.2 Å². The molecule has 1 atom stereocenters. The van der Waals surface area contributed by atoms with E-state index in [-0.39, 0.29) is 0 Å². The molecule has 1 rings (SSSR count). The third kappa shape index (κ3) is 1.10. The summed E-state index contributed by atoms with van der Waals surface area (Å²) in [6, 6.07) is 0. The number of hydrogen-bond donors (Lipinski definition) is 0. The third-order valence-electron chi connectivity index (χ3n) is 1.48. The van der Waals surface area contributed by atoms with Crippen LogP contribution in [0.3, 0.4) is 0 Å². The lowest BCUT2D eigenvalue weighted by Crippen LogP contribution is -2.04. The zero-order valence-electron chi connectivity index (χ0n) is 5.31. The summed E-state index contributed by atoms with van der Waals surface area (Å²) >= 11 is 0. The largest absolute Gasteiger partial charge is 0.374 e. The van der Waals surface area contributed by atoms with Crippen molar-refractivity contribution in [2.45, 2.75) is 25.9 Å². The summed E-state index contributed by atoms with van der Waals surface area (Å²) in [6.07, 6.45) is 2.75. The van der Waals surface area contributed by atoms with Gasteiger partial charge in [-0.15, -0.1) is 0 Å². The van der Waals surface area contributed by atoms with Crippen LogP contribution in [0.25, 0.3) is 0 Å². The van der Waals surface area contributed by atoms with Gasteiger partial charge in [0.15, 0.2) is 0 Å². The molecule has 0 N–H and O–H groups in total. The molecule has 0 amide bonds. The predicted molar refractivity (Wildman–Crippen MR) is 33.8 cm³/mol. The molecule has 1 saturated heterocycles. The fourth-order valence-corrected chi connectivity index (χ4v) is 0.966. The number of rotatable bonds is 1. The highest BCUT2D eigenvalue weighted by Gasteiger charge is 2.14. The number of hydrogen-bond acceptors (Lipinski definition) is 1. The van der Waals surface area contributed by atoms with Gasteiger partial charge in [0.05, 0.1) is 6.10 Å². The van der Waals surface area contributed by atoms with E-state index in [2.05, 4.69) is 6.58 Å². The standard InChI is InChI=1S/C7H12O/c1-6(2)7-4-3-5-8-7/h7H,1,3-5H2,2H3/t7-/m1/s1. The van der Waals surface area contributed by atoms with E-state index >= 15 is 0 Å². The summed E-state index contributed by atoms with van der Waals surface area (Å²) in [5.74, 6) is 0. The van der Waals surface area contributed by atoms with Crippen molar-refractivity contribution in [3.05, 3.63) is 12.2 Å². The molecule has 0 aliphatic carbocycles. The van der Waals surface area contributed by atoms with E-state index in [9.17, 15) is 0 Å². The van der Waals surface area contributed by atoms with Gasteiger partial charge in [-0.3, -0.25) is 0 Å². The lowest BCUT2D eigenvalue weighted by Gasteiger charge is -2.05. The van der Waals surface area contributed by atoms with Gasteiger partial charge in [0.1, 0.15) is 0 Å². The molecule has 1 heterocycles. The lowest BCUT2D eigenvalue weighted by atomic mass is 10.1. The third-order valence-corrected chi connectivity index (χ3v) is 1.48. The van der Waals surface area contributed by atoms with E-state index in [0.29, 0.717) is 6.10 Å². The van der Waals surface area contributed by atoms with Gasteiger partial charge < -0.3 is 4.74 Å². The Morgan fingerprint density at radius 2 is 2.50 bits per heavy atom. The molecule has 8 heavy (non-hydrogen) atoms. The Bertz CT molecular complexity index is 90.6. The molecule has 0 saturated carbocycles. The van der Waals surface area contributed by atoms with E-state index in [4.69, 9.17) is 4.74 Å². The first-order valence-electron chi connectivity index (χ1n) is 3.07. The highest BCUT2D eigenvalue weighted by Crippen LogP contribution is 2.17. The van der Waals surface area contributed by atoms with Crippen molar-refractivity contribution in [2.75, 3.05) is 6.61 Å². The first-order chi connectivity index (χ1) is 3.80. The summed E-state index contributed by atoms with van der Waals surface area (Å²) in [5, 5.41) is 0. The van der Waals surface area contributed by atoms with Gasteiger partial charge in [-0.25, -0.2) is 0 Å². The van der Waals surface area contributed by atoms with Gasteiger partial charge in [-0.2, -0.15) is 0 Å². The fraction of sp³-hybridized carbons (Fsp3) is 0.714. The Balaban J connectivity index is 2.35. The molecule has 1 nitrogen and oxygen atoms in total. The van der Waals surface area contributed by atoms with Gasteiger partial charge in [0.2, 0.25) is 0 Å². The summed E-state index contributed by atoms with van der Waals surface area (Å²) in [5.41, 5.74) is 1.17. The Morgan fingerprint density at radius 3 is 2.75 bits per heavy atom. The van der Waals surface area contributed by atoms with Crippen LogP contribution in [0.2, 0.25) is 0 Å². The molecule has 0 aromatic heterocycles. The number of ether oxygens (including phenoxy) is 1.